The maximum atomic E-state index is 12.5. The first kappa shape index (κ1) is 21.1. The van der Waals surface area contributed by atoms with Crippen LogP contribution in [0.5, 0.6) is 5.75 Å². The quantitative estimate of drug-likeness (QED) is 0.592. The first-order valence-corrected chi connectivity index (χ1v) is 10.8. The Morgan fingerprint density at radius 2 is 1.55 bits per heavy atom. The predicted molar refractivity (Wildman–Crippen MR) is 121 cm³/mol. The molecule has 3 aromatic rings. The molecule has 2 N–H and O–H groups in total. The van der Waals surface area contributed by atoms with Crippen LogP contribution in [0.2, 0.25) is 0 Å². The molecule has 0 aliphatic carbocycles. The van der Waals surface area contributed by atoms with Gasteiger partial charge in [0.15, 0.2) is 6.61 Å². The summed E-state index contributed by atoms with van der Waals surface area (Å²) in [5, 5.41) is 3.01. The SMILES string of the molecule is O=C(COc1ccccc1-c1ccccc1)NCc1ccccc1C[NH+]1CCOCC1. The van der Waals surface area contributed by atoms with Crippen LogP contribution in [0.25, 0.3) is 11.1 Å². The molecule has 5 nitrogen and oxygen atoms in total. The molecule has 160 valence electrons. The molecular weight excluding hydrogens is 388 g/mol. The Morgan fingerprint density at radius 3 is 2.35 bits per heavy atom. The van der Waals surface area contributed by atoms with Crippen LogP contribution in [-0.4, -0.2) is 38.8 Å². The highest BCUT2D eigenvalue weighted by molar-refractivity contribution is 5.78. The van der Waals surface area contributed by atoms with Gasteiger partial charge in [-0.3, -0.25) is 4.79 Å². The molecule has 3 aromatic carbocycles. The average Bonchev–Trinajstić information content (AvgIpc) is 2.83. The number of morpholine rings is 1. The highest BCUT2D eigenvalue weighted by atomic mass is 16.5. The van der Waals surface area contributed by atoms with Crippen molar-refractivity contribution in [2.75, 3.05) is 32.9 Å². The molecule has 0 radical (unpaired) electrons. The fraction of sp³-hybridized carbons (Fsp3) is 0.269. The van der Waals surface area contributed by atoms with Crippen LogP contribution in [0, 0.1) is 0 Å². The Labute approximate surface area is 183 Å². The molecule has 1 fully saturated rings. The number of nitrogens with one attached hydrogen (secondary N) is 2. The van der Waals surface area contributed by atoms with Gasteiger partial charge in [-0.05, 0) is 17.2 Å². The van der Waals surface area contributed by atoms with Crippen LogP contribution >= 0.6 is 0 Å². The third kappa shape index (κ3) is 5.94. The lowest BCUT2D eigenvalue weighted by molar-refractivity contribution is -0.921. The van der Waals surface area contributed by atoms with Crippen molar-refractivity contribution in [3.8, 4) is 16.9 Å². The van der Waals surface area contributed by atoms with Crippen molar-refractivity contribution in [1.29, 1.82) is 0 Å². The van der Waals surface area contributed by atoms with E-state index in [0.29, 0.717) is 12.3 Å². The molecule has 1 aliphatic rings. The zero-order valence-corrected chi connectivity index (χ0v) is 17.7. The lowest BCUT2D eigenvalue weighted by atomic mass is 10.1. The number of ether oxygens (including phenoxy) is 2. The zero-order valence-electron chi connectivity index (χ0n) is 17.7. The number of carbonyl (C=O) groups excluding carboxylic acids is 1. The number of hydrogen-bond donors (Lipinski definition) is 2. The van der Waals surface area contributed by atoms with Crippen molar-refractivity contribution in [3.05, 3.63) is 90.0 Å². The number of carbonyl (C=O) groups is 1. The molecule has 0 unspecified atom stereocenters. The van der Waals surface area contributed by atoms with Gasteiger partial charge in [0.25, 0.3) is 5.91 Å². The third-order valence-electron chi connectivity index (χ3n) is 5.57. The van der Waals surface area contributed by atoms with Gasteiger partial charge < -0.3 is 19.7 Å². The summed E-state index contributed by atoms with van der Waals surface area (Å²) < 4.78 is 11.3. The molecule has 1 amide bonds. The Hall–Kier alpha value is -3.15. The topological polar surface area (TPSA) is 52.0 Å². The third-order valence-corrected chi connectivity index (χ3v) is 5.57. The number of hydrogen-bond acceptors (Lipinski definition) is 3. The maximum absolute atomic E-state index is 12.5. The Balaban J connectivity index is 1.33. The largest absolute Gasteiger partial charge is 0.483 e. The molecular formula is C26H29N2O3+. The van der Waals surface area contributed by atoms with Crippen molar-refractivity contribution >= 4 is 5.91 Å². The van der Waals surface area contributed by atoms with E-state index in [2.05, 4.69) is 23.5 Å². The van der Waals surface area contributed by atoms with Gasteiger partial charge in [-0.25, -0.2) is 0 Å². The minimum atomic E-state index is -0.128. The van der Waals surface area contributed by atoms with Crippen molar-refractivity contribution in [2.24, 2.45) is 0 Å². The van der Waals surface area contributed by atoms with E-state index in [1.54, 1.807) is 0 Å². The molecule has 0 atom stereocenters. The van der Waals surface area contributed by atoms with E-state index >= 15 is 0 Å². The number of rotatable bonds is 8. The van der Waals surface area contributed by atoms with Gasteiger partial charge in [-0.2, -0.15) is 0 Å². The Kier molecular flexibility index (Phi) is 7.32. The Morgan fingerprint density at radius 1 is 0.871 bits per heavy atom. The second-order valence-electron chi connectivity index (χ2n) is 7.74. The second-order valence-corrected chi connectivity index (χ2v) is 7.74. The number of para-hydroxylation sites is 1. The fourth-order valence-electron chi connectivity index (χ4n) is 3.85. The minimum Gasteiger partial charge on any atom is -0.483 e. The van der Waals surface area contributed by atoms with E-state index < -0.39 is 0 Å². The van der Waals surface area contributed by atoms with Crippen molar-refractivity contribution < 1.29 is 19.2 Å². The van der Waals surface area contributed by atoms with E-state index in [1.165, 1.54) is 10.5 Å². The van der Waals surface area contributed by atoms with Crippen molar-refractivity contribution in [2.45, 2.75) is 13.1 Å². The van der Waals surface area contributed by atoms with E-state index in [-0.39, 0.29) is 12.5 Å². The molecule has 1 aliphatic heterocycles. The van der Waals surface area contributed by atoms with Crippen LogP contribution in [-0.2, 0) is 22.6 Å². The first-order valence-electron chi connectivity index (χ1n) is 10.8. The average molecular weight is 418 g/mol. The molecule has 0 aromatic heterocycles. The van der Waals surface area contributed by atoms with E-state index in [0.717, 1.165) is 49.5 Å². The molecule has 0 saturated carbocycles. The van der Waals surface area contributed by atoms with Crippen LogP contribution in [0.15, 0.2) is 78.9 Å². The Bertz CT molecular complexity index is 985. The van der Waals surface area contributed by atoms with Gasteiger partial charge in [0.05, 0.1) is 13.2 Å². The normalized spacial score (nSPS) is 14.2. The highest BCUT2D eigenvalue weighted by Gasteiger charge is 2.16. The van der Waals surface area contributed by atoms with Crippen LogP contribution in [0.1, 0.15) is 11.1 Å². The monoisotopic (exact) mass is 417 g/mol. The number of quaternary nitrogens is 1. The van der Waals surface area contributed by atoms with Gasteiger partial charge in [-0.15, -0.1) is 0 Å². The van der Waals surface area contributed by atoms with Crippen molar-refractivity contribution in [1.82, 2.24) is 5.32 Å². The molecule has 0 spiro atoms. The summed E-state index contributed by atoms with van der Waals surface area (Å²) in [4.78, 5) is 14.0. The summed E-state index contributed by atoms with van der Waals surface area (Å²) >= 11 is 0. The van der Waals surface area contributed by atoms with E-state index in [9.17, 15) is 4.79 Å². The maximum Gasteiger partial charge on any atom is 0.258 e. The summed E-state index contributed by atoms with van der Waals surface area (Å²) in [7, 11) is 0. The first-order chi connectivity index (χ1) is 15.3. The molecule has 1 saturated heterocycles. The predicted octanol–water partition coefficient (Wildman–Crippen LogP) is 2.46. The van der Waals surface area contributed by atoms with Crippen molar-refractivity contribution in [3.63, 3.8) is 0 Å². The molecule has 4 rings (SSSR count). The van der Waals surface area contributed by atoms with Crippen LogP contribution in [0.4, 0.5) is 0 Å². The van der Waals surface area contributed by atoms with Gasteiger partial charge in [0.2, 0.25) is 0 Å². The second kappa shape index (κ2) is 10.8. The van der Waals surface area contributed by atoms with Gasteiger partial charge in [0, 0.05) is 17.7 Å². The lowest BCUT2D eigenvalue weighted by Crippen LogP contribution is -3.12. The zero-order chi connectivity index (χ0) is 21.3. The fourth-order valence-corrected chi connectivity index (χ4v) is 3.85. The molecule has 31 heavy (non-hydrogen) atoms. The van der Waals surface area contributed by atoms with Gasteiger partial charge in [0.1, 0.15) is 25.4 Å². The number of benzene rings is 3. The van der Waals surface area contributed by atoms with Crippen LogP contribution in [0.3, 0.4) is 0 Å². The summed E-state index contributed by atoms with van der Waals surface area (Å²) in [6.07, 6.45) is 0. The summed E-state index contributed by atoms with van der Waals surface area (Å²) in [5.41, 5.74) is 4.47. The molecule has 0 bridgehead atoms. The summed E-state index contributed by atoms with van der Waals surface area (Å²) in [6, 6.07) is 26.2. The van der Waals surface area contributed by atoms with Gasteiger partial charge in [-0.1, -0.05) is 72.8 Å². The smallest absolute Gasteiger partial charge is 0.258 e. The number of amides is 1. The van der Waals surface area contributed by atoms with E-state index in [1.807, 2.05) is 60.7 Å². The summed E-state index contributed by atoms with van der Waals surface area (Å²) in [6.45, 7) is 5.12. The highest BCUT2D eigenvalue weighted by Crippen LogP contribution is 2.29. The van der Waals surface area contributed by atoms with Gasteiger partial charge >= 0.3 is 0 Å². The molecule has 1 heterocycles. The minimum absolute atomic E-state index is 0.0132. The standard InChI is InChI=1S/C26H28N2O3/c29-26(20-31-25-13-7-6-12-24(25)21-8-2-1-3-9-21)27-18-22-10-4-5-11-23(22)19-28-14-16-30-17-15-28/h1-13H,14-20H2,(H,27,29)/p+1. The van der Waals surface area contributed by atoms with E-state index in [4.69, 9.17) is 9.47 Å². The lowest BCUT2D eigenvalue weighted by Gasteiger charge is -2.24. The summed E-state index contributed by atoms with van der Waals surface area (Å²) in [5.74, 6) is 0.580. The molecule has 5 heteroatoms. The van der Waals surface area contributed by atoms with Crippen LogP contribution < -0.4 is 15.0 Å².